The molecule has 3 heterocycles. The van der Waals surface area contributed by atoms with Gasteiger partial charge in [-0.05, 0) is 81.1 Å². The molecule has 1 aromatic heterocycles. The number of aryl methyl sites for hydroxylation is 1. The molecule has 5 rings (SSSR count). The largest absolute Gasteiger partial charge is 0.497 e. The van der Waals surface area contributed by atoms with Gasteiger partial charge in [0.05, 0.1) is 30.3 Å². The van der Waals surface area contributed by atoms with E-state index in [0.29, 0.717) is 18.7 Å². The van der Waals surface area contributed by atoms with Gasteiger partial charge in [0.15, 0.2) is 0 Å². The number of halogens is 1. The highest BCUT2D eigenvalue weighted by molar-refractivity contribution is 9.10. The highest BCUT2D eigenvalue weighted by Crippen LogP contribution is 2.39. The van der Waals surface area contributed by atoms with Crippen LogP contribution in [0.4, 0.5) is 0 Å². The van der Waals surface area contributed by atoms with Gasteiger partial charge in [0, 0.05) is 34.7 Å². The van der Waals surface area contributed by atoms with Gasteiger partial charge in [-0.3, -0.25) is 14.4 Å². The van der Waals surface area contributed by atoms with Gasteiger partial charge in [-0.25, -0.2) is 0 Å². The maximum absolute atomic E-state index is 14.4. The predicted molar refractivity (Wildman–Crippen MR) is 159 cm³/mol. The molecule has 0 spiro atoms. The molecule has 2 atom stereocenters. The average molecular weight is 608 g/mol. The van der Waals surface area contributed by atoms with Crippen LogP contribution < -0.4 is 10.1 Å². The van der Waals surface area contributed by atoms with Crippen LogP contribution in [0.3, 0.4) is 0 Å². The van der Waals surface area contributed by atoms with Crippen LogP contribution in [0.25, 0.3) is 10.9 Å². The Balaban J connectivity index is 1.47. The number of nitrogens with one attached hydrogen (secondary N) is 1. The lowest BCUT2D eigenvalue weighted by Crippen LogP contribution is -2.61. The summed E-state index contributed by atoms with van der Waals surface area (Å²) >= 11 is 3.61. The molecule has 2 aliphatic rings. The number of hydrogen-bond acceptors (Lipinski definition) is 4. The summed E-state index contributed by atoms with van der Waals surface area (Å²) in [7, 11) is 1.66. The van der Waals surface area contributed by atoms with Gasteiger partial charge in [-0.2, -0.15) is 0 Å². The van der Waals surface area contributed by atoms with Crippen LogP contribution in [0.2, 0.25) is 0 Å². The first kappa shape index (κ1) is 28.0. The molecule has 8 nitrogen and oxygen atoms in total. The second-order valence-electron chi connectivity index (χ2n) is 10.9. The zero-order valence-corrected chi connectivity index (χ0v) is 25.2. The minimum absolute atomic E-state index is 0.0173. The van der Waals surface area contributed by atoms with Crippen molar-refractivity contribution >= 4 is 44.6 Å². The van der Waals surface area contributed by atoms with Crippen LogP contribution in [0.5, 0.6) is 5.75 Å². The fraction of sp³-hybridized carbons (Fsp3) is 0.387. The minimum Gasteiger partial charge on any atom is -0.497 e. The van der Waals surface area contributed by atoms with Crippen LogP contribution in [0, 0.1) is 13.8 Å². The van der Waals surface area contributed by atoms with Crippen molar-refractivity contribution in [2.24, 2.45) is 0 Å². The number of likely N-dealkylation sites (tertiary alicyclic amines) is 1. The molecule has 1 fully saturated rings. The fourth-order valence-corrected chi connectivity index (χ4v) is 6.86. The minimum atomic E-state index is -0.153. The zero-order chi connectivity index (χ0) is 28.9. The van der Waals surface area contributed by atoms with Gasteiger partial charge in [-0.1, -0.05) is 28.6 Å². The fourth-order valence-electron chi connectivity index (χ4n) is 6.29. The van der Waals surface area contributed by atoms with Crippen LogP contribution in [0.15, 0.2) is 47.5 Å². The first-order chi connectivity index (χ1) is 19.0. The van der Waals surface area contributed by atoms with Crippen LogP contribution in [0.1, 0.15) is 52.6 Å². The van der Waals surface area contributed by atoms with Crippen molar-refractivity contribution in [3.63, 3.8) is 0 Å². The Morgan fingerprint density at radius 2 is 1.88 bits per heavy atom. The Hall–Kier alpha value is -3.59. The van der Waals surface area contributed by atoms with Gasteiger partial charge in [0.25, 0.3) is 5.91 Å². The summed E-state index contributed by atoms with van der Waals surface area (Å²) < 4.78 is 8.26. The molecular weight excluding hydrogens is 572 g/mol. The molecule has 9 heteroatoms. The van der Waals surface area contributed by atoms with Crippen LogP contribution in [-0.4, -0.2) is 64.4 Å². The molecule has 3 amide bonds. The van der Waals surface area contributed by atoms with E-state index in [2.05, 4.69) is 53.8 Å². The number of hydrogen-bond donors (Lipinski definition) is 1. The predicted octanol–water partition coefficient (Wildman–Crippen LogP) is 4.69. The Kier molecular flexibility index (Phi) is 7.52. The van der Waals surface area contributed by atoms with Crippen molar-refractivity contribution in [2.45, 2.75) is 58.8 Å². The van der Waals surface area contributed by atoms with E-state index < -0.39 is 0 Å². The summed E-state index contributed by atoms with van der Waals surface area (Å²) in [6, 6.07) is 9.81. The van der Waals surface area contributed by atoms with Gasteiger partial charge >= 0.3 is 0 Å². The van der Waals surface area contributed by atoms with Gasteiger partial charge < -0.3 is 24.4 Å². The third-order valence-electron chi connectivity index (χ3n) is 8.26. The topological polar surface area (TPSA) is 83.9 Å². The molecule has 0 aliphatic carbocycles. The standard InChI is InChI=1S/C31H35BrN4O4/c1-7-28(38)34-14-23(15-34)33-27(37)16-35-20(5)29(26-13-22(32)10-17(2)30(26)35)31(39)36-18(3)11-21-12-24(40-6)8-9-25(21)19(36)4/h7-10,12-13,18-19,23H,1,11,14-16H2,2-6H3,(H,33,37)/t18-,19-/m1/s1. The number of ether oxygens (including phenoxy) is 1. The third-order valence-corrected chi connectivity index (χ3v) is 8.72. The highest BCUT2D eigenvalue weighted by Gasteiger charge is 2.36. The summed E-state index contributed by atoms with van der Waals surface area (Å²) in [4.78, 5) is 42.9. The maximum Gasteiger partial charge on any atom is 0.257 e. The highest BCUT2D eigenvalue weighted by atomic mass is 79.9. The lowest BCUT2D eigenvalue weighted by atomic mass is 9.88. The molecule has 3 aromatic rings. The van der Waals surface area contributed by atoms with Gasteiger partial charge in [0.1, 0.15) is 12.3 Å². The van der Waals surface area contributed by atoms with Crippen molar-refractivity contribution < 1.29 is 19.1 Å². The molecule has 0 saturated carbocycles. The number of aromatic nitrogens is 1. The Labute approximate surface area is 243 Å². The Bertz CT molecular complexity index is 1540. The number of benzene rings is 2. The summed E-state index contributed by atoms with van der Waals surface area (Å²) in [5.74, 6) is 0.486. The van der Waals surface area contributed by atoms with E-state index in [1.54, 1.807) is 12.0 Å². The maximum atomic E-state index is 14.4. The van der Waals surface area contributed by atoms with E-state index in [4.69, 9.17) is 4.74 Å². The molecule has 0 unspecified atom stereocenters. The summed E-state index contributed by atoms with van der Waals surface area (Å²) in [6.45, 7) is 12.6. The number of nitrogens with zero attached hydrogens (tertiary/aromatic N) is 3. The monoisotopic (exact) mass is 606 g/mol. The quantitative estimate of drug-likeness (QED) is 0.413. The van der Waals surface area contributed by atoms with Crippen LogP contribution in [-0.2, 0) is 22.6 Å². The average Bonchev–Trinajstić information content (AvgIpc) is 3.15. The molecule has 2 aliphatic heterocycles. The van der Waals surface area contributed by atoms with E-state index in [9.17, 15) is 14.4 Å². The molecule has 210 valence electrons. The number of rotatable bonds is 6. The van der Waals surface area contributed by atoms with E-state index in [-0.39, 0.29) is 42.4 Å². The van der Waals surface area contributed by atoms with Crippen molar-refractivity contribution in [3.05, 3.63) is 75.4 Å². The number of fused-ring (bicyclic) bond motifs is 2. The normalized spacial score (nSPS) is 18.8. The van der Waals surface area contributed by atoms with Crippen molar-refractivity contribution in [1.82, 2.24) is 19.7 Å². The number of methoxy groups -OCH3 is 1. The Morgan fingerprint density at radius 3 is 2.55 bits per heavy atom. The molecule has 1 N–H and O–H groups in total. The number of amides is 3. The summed E-state index contributed by atoms with van der Waals surface area (Å²) in [5, 5.41) is 3.86. The number of carbonyl (C=O) groups excluding carboxylic acids is 3. The molecule has 40 heavy (non-hydrogen) atoms. The van der Waals surface area contributed by atoms with E-state index >= 15 is 0 Å². The first-order valence-corrected chi connectivity index (χ1v) is 14.3. The van der Waals surface area contributed by atoms with Crippen LogP contribution >= 0.6 is 15.9 Å². The number of carbonyl (C=O) groups is 3. The molecular formula is C31H35BrN4O4. The second-order valence-corrected chi connectivity index (χ2v) is 11.8. The summed E-state index contributed by atoms with van der Waals surface area (Å²) in [5.41, 5.74) is 5.54. The second kappa shape index (κ2) is 10.8. The van der Waals surface area contributed by atoms with E-state index in [1.807, 2.05) is 41.5 Å². The lowest BCUT2D eigenvalue weighted by molar-refractivity contribution is -0.133. The molecule has 1 saturated heterocycles. The SMILES string of the molecule is C=CC(=O)N1CC(NC(=O)Cn2c(C)c(C(=O)N3[C@H](C)Cc4cc(OC)ccc4[C@H]3C)c3cc(Br)cc(C)c32)C1. The van der Waals surface area contributed by atoms with Gasteiger partial charge in [-0.15, -0.1) is 0 Å². The third kappa shape index (κ3) is 4.80. The smallest absolute Gasteiger partial charge is 0.257 e. The first-order valence-electron chi connectivity index (χ1n) is 13.5. The summed E-state index contributed by atoms with van der Waals surface area (Å²) in [6.07, 6.45) is 2.02. The Morgan fingerprint density at radius 1 is 1.15 bits per heavy atom. The lowest BCUT2D eigenvalue weighted by Gasteiger charge is -2.40. The van der Waals surface area contributed by atoms with Crippen molar-refractivity contribution in [1.29, 1.82) is 0 Å². The molecule has 0 radical (unpaired) electrons. The molecule has 0 bridgehead atoms. The van der Waals surface area contributed by atoms with E-state index in [0.717, 1.165) is 44.4 Å². The molecule has 2 aromatic carbocycles. The van der Waals surface area contributed by atoms with Crippen molar-refractivity contribution in [3.8, 4) is 5.75 Å². The van der Waals surface area contributed by atoms with Gasteiger partial charge in [0.2, 0.25) is 11.8 Å². The zero-order valence-electron chi connectivity index (χ0n) is 23.6. The van der Waals surface area contributed by atoms with Crippen molar-refractivity contribution in [2.75, 3.05) is 20.2 Å². The van der Waals surface area contributed by atoms with E-state index in [1.165, 1.54) is 11.6 Å².